The highest BCUT2D eigenvalue weighted by Gasteiger charge is 2.11. The average molecular weight is 320 g/mol. The van der Waals surface area contributed by atoms with Crippen molar-refractivity contribution in [2.45, 2.75) is 6.92 Å². The molecule has 15 heavy (non-hydrogen) atoms. The molecule has 6 heteroatoms. The molecular formula is C9H9IN2O3. The van der Waals surface area contributed by atoms with Crippen molar-refractivity contribution >= 4 is 40.4 Å². The minimum atomic E-state index is -0.418. The van der Waals surface area contributed by atoms with Crippen LogP contribution in [0, 0.1) is 20.6 Å². The van der Waals surface area contributed by atoms with Crippen molar-refractivity contribution in [2.75, 3.05) is 7.11 Å². The molecule has 1 aromatic carbocycles. The molecule has 0 bridgehead atoms. The van der Waals surface area contributed by atoms with Gasteiger partial charge in [-0.3, -0.25) is 10.1 Å². The minimum Gasteiger partial charge on any atom is -0.486 e. The molecule has 0 saturated heterocycles. The normalized spacial score (nSPS) is 10.6. The summed E-state index contributed by atoms with van der Waals surface area (Å²) in [4.78, 5) is 14.2. The number of aliphatic imine (C=N–C) groups is 1. The summed E-state index contributed by atoms with van der Waals surface area (Å²) in [7, 11) is 1.50. The van der Waals surface area contributed by atoms with Crippen molar-refractivity contribution in [2.24, 2.45) is 4.99 Å². The van der Waals surface area contributed by atoms with E-state index in [-0.39, 0.29) is 5.69 Å². The number of aryl methyl sites for hydroxylation is 1. The number of nitrogens with zero attached hydrogens (tertiary/aromatic N) is 2. The third-order valence-corrected chi connectivity index (χ3v) is 2.56. The van der Waals surface area contributed by atoms with Crippen LogP contribution in [-0.2, 0) is 4.74 Å². The lowest BCUT2D eigenvalue weighted by molar-refractivity contribution is -0.385. The molecule has 0 aliphatic heterocycles. The molecule has 0 unspecified atom stereocenters. The molecule has 0 N–H and O–H groups in total. The smallest absolute Gasteiger partial charge is 0.270 e. The van der Waals surface area contributed by atoms with Crippen molar-refractivity contribution in [1.29, 1.82) is 0 Å². The Hall–Kier alpha value is -1.18. The van der Waals surface area contributed by atoms with E-state index in [1.807, 2.05) is 22.6 Å². The van der Waals surface area contributed by atoms with Gasteiger partial charge in [-0.25, -0.2) is 4.99 Å². The number of hydrogen-bond acceptors (Lipinski definition) is 4. The van der Waals surface area contributed by atoms with E-state index >= 15 is 0 Å². The Morgan fingerprint density at radius 3 is 2.73 bits per heavy atom. The number of nitro groups is 1. The Labute approximate surface area is 100 Å². The lowest BCUT2D eigenvalue weighted by atomic mass is 10.2. The van der Waals surface area contributed by atoms with Crippen LogP contribution in [0.3, 0.4) is 0 Å². The quantitative estimate of drug-likeness (QED) is 0.283. The van der Waals surface area contributed by atoms with E-state index in [4.69, 9.17) is 4.74 Å². The zero-order valence-electron chi connectivity index (χ0n) is 8.23. The molecule has 1 rings (SSSR count). The van der Waals surface area contributed by atoms with Crippen molar-refractivity contribution in [3.63, 3.8) is 0 Å². The number of ether oxygens (including phenoxy) is 1. The van der Waals surface area contributed by atoms with Crippen LogP contribution in [0.15, 0.2) is 17.1 Å². The van der Waals surface area contributed by atoms with E-state index in [0.717, 1.165) is 9.13 Å². The molecule has 0 atom stereocenters. The fraction of sp³-hybridized carbons (Fsp3) is 0.222. The van der Waals surface area contributed by atoms with Crippen LogP contribution >= 0.6 is 22.6 Å². The number of methoxy groups -OCH3 is 1. The molecule has 0 aromatic heterocycles. The lowest BCUT2D eigenvalue weighted by Gasteiger charge is -2.02. The standard InChI is InChI=1S/C9H9IN2O3/c1-6-3-7(12(13)14)4-8(10)9(6)11-5-15-2/h3-5H,1-2H3/b11-5-. The molecular weight excluding hydrogens is 311 g/mol. The van der Waals surface area contributed by atoms with E-state index in [1.165, 1.54) is 25.6 Å². The van der Waals surface area contributed by atoms with Gasteiger partial charge < -0.3 is 4.74 Å². The van der Waals surface area contributed by atoms with Gasteiger partial charge in [-0.05, 0) is 35.1 Å². The molecule has 1 aromatic rings. The molecule has 0 spiro atoms. The lowest BCUT2D eigenvalue weighted by Crippen LogP contribution is -1.91. The summed E-state index contributed by atoms with van der Waals surface area (Å²) < 4.78 is 5.43. The van der Waals surface area contributed by atoms with Gasteiger partial charge in [0.25, 0.3) is 5.69 Å². The average Bonchev–Trinajstić information content (AvgIpc) is 2.16. The van der Waals surface area contributed by atoms with Gasteiger partial charge in [0.2, 0.25) is 0 Å². The van der Waals surface area contributed by atoms with Gasteiger partial charge in [0.1, 0.15) is 0 Å². The SMILES string of the molecule is CO/C=N\c1c(C)cc([N+](=O)[O-])cc1I. The summed E-state index contributed by atoms with van der Waals surface area (Å²) in [6.45, 7) is 1.78. The fourth-order valence-electron chi connectivity index (χ4n) is 1.09. The first-order valence-corrected chi connectivity index (χ1v) is 5.14. The summed E-state index contributed by atoms with van der Waals surface area (Å²) in [5.74, 6) is 0. The first-order chi connectivity index (χ1) is 7.06. The second-order valence-corrected chi connectivity index (χ2v) is 3.98. The summed E-state index contributed by atoms with van der Waals surface area (Å²) in [6, 6.07) is 2.97. The number of halogens is 1. The molecule has 0 saturated carbocycles. The Morgan fingerprint density at radius 1 is 1.60 bits per heavy atom. The highest BCUT2D eigenvalue weighted by Crippen LogP contribution is 2.29. The van der Waals surface area contributed by atoms with Gasteiger partial charge in [-0.2, -0.15) is 0 Å². The molecule has 5 nitrogen and oxygen atoms in total. The van der Waals surface area contributed by atoms with Gasteiger partial charge >= 0.3 is 0 Å². The van der Waals surface area contributed by atoms with Crippen molar-refractivity contribution in [3.8, 4) is 0 Å². The summed E-state index contributed by atoms with van der Waals surface area (Å²) >= 11 is 2.01. The Bertz CT molecular complexity index is 395. The second kappa shape index (κ2) is 5.06. The summed E-state index contributed by atoms with van der Waals surface area (Å²) in [5, 5.41) is 10.6. The topological polar surface area (TPSA) is 64.7 Å². The molecule has 80 valence electrons. The highest BCUT2D eigenvalue weighted by atomic mass is 127. The van der Waals surface area contributed by atoms with Crippen LogP contribution in [0.5, 0.6) is 0 Å². The van der Waals surface area contributed by atoms with Crippen LogP contribution in [0.25, 0.3) is 0 Å². The number of hydrogen-bond donors (Lipinski definition) is 0. The van der Waals surface area contributed by atoms with Gasteiger partial charge in [0.05, 0.1) is 17.7 Å². The van der Waals surface area contributed by atoms with Crippen molar-refractivity contribution in [3.05, 3.63) is 31.4 Å². The third-order valence-electron chi connectivity index (χ3n) is 1.74. The maximum Gasteiger partial charge on any atom is 0.270 e. The van der Waals surface area contributed by atoms with Crippen LogP contribution in [0.1, 0.15) is 5.56 Å². The third kappa shape index (κ3) is 2.88. The van der Waals surface area contributed by atoms with E-state index in [9.17, 15) is 10.1 Å². The maximum atomic E-state index is 10.6. The Balaban J connectivity index is 3.21. The molecule has 0 aliphatic rings. The molecule has 0 amide bonds. The predicted molar refractivity (Wildman–Crippen MR) is 65.7 cm³/mol. The number of benzene rings is 1. The van der Waals surface area contributed by atoms with Gasteiger partial charge in [0, 0.05) is 15.7 Å². The van der Waals surface area contributed by atoms with Crippen LogP contribution in [0.2, 0.25) is 0 Å². The fourth-order valence-corrected chi connectivity index (χ4v) is 1.98. The van der Waals surface area contributed by atoms with Crippen LogP contribution in [0.4, 0.5) is 11.4 Å². The van der Waals surface area contributed by atoms with Gasteiger partial charge in [-0.15, -0.1) is 0 Å². The molecule has 0 heterocycles. The largest absolute Gasteiger partial charge is 0.486 e. The number of non-ortho nitro benzene ring substituents is 1. The highest BCUT2D eigenvalue weighted by molar-refractivity contribution is 14.1. The maximum absolute atomic E-state index is 10.6. The molecule has 0 aliphatic carbocycles. The van der Waals surface area contributed by atoms with Gasteiger partial charge in [-0.1, -0.05) is 0 Å². The summed E-state index contributed by atoms with van der Waals surface area (Å²) in [6.07, 6.45) is 1.30. The van der Waals surface area contributed by atoms with Crippen molar-refractivity contribution < 1.29 is 9.66 Å². The first-order valence-electron chi connectivity index (χ1n) is 4.06. The second-order valence-electron chi connectivity index (χ2n) is 2.82. The van der Waals surface area contributed by atoms with Gasteiger partial charge in [0.15, 0.2) is 6.40 Å². The van der Waals surface area contributed by atoms with E-state index in [2.05, 4.69) is 4.99 Å². The Morgan fingerprint density at radius 2 is 2.27 bits per heavy atom. The summed E-state index contributed by atoms with van der Waals surface area (Å²) in [5.41, 5.74) is 1.53. The monoisotopic (exact) mass is 320 g/mol. The van der Waals surface area contributed by atoms with E-state index in [1.54, 1.807) is 6.92 Å². The van der Waals surface area contributed by atoms with Crippen molar-refractivity contribution in [1.82, 2.24) is 0 Å². The number of rotatable bonds is 3. The minimum absolute atomic E-state index is 0.0771. The number of nitro benzene ring substituents is 1. The first kappa shape index (κ1) is 11.9. The molecule has 0 fully saturated rings. The zero-order chi connectivity index (χ0) is 11.4. The molecule has 0 radical (unpaired) electrons. The Kier molecular flexibility index (Phi) is 4.01. The van der Waals surface area contributed by atoms with Crippen LogP contribution in [-0.4, -0.2) is 18.4 Å². The zero-order valence-corrected chi connectivity index (χ0v) is 10.4. The van der Waals surface area contributed by atoms with E-state index < -0.39 is 4.92 Å². The van der Waals surface area contributed by atoms with E-state index in [0.29, 0.717) is 5.69 Å². The van der Waals surface area contributed by atoms with Crippen LogP contribution < -0.4 is 0 Å². The predicted octanol–water partition coefficient (Wildman–Crippen LogP) is 2.81.